The van der Waals surface area contributed by atoms with Gasteiger partial charge in [0.25, 0.3) is 0 Å². The van der Waals surface area contributed by atoms with Gasteiger partial charge in [0.1, 0.15) is 23.9 Å². The summed E-state index contributed by atoms with van der Waals surface area (Å²) in [5.74, 6) is 1.10. The van der Waals surface area contributed by atoms with E-state index in [4.69, 9.17) is 9.47 Å². The second-order valence-corrected chi connectivity index (χ2v) is 14.1. The van der Waals surface area contributed by atoms with E-state index in [2.05, 4.69) is 11.8 Å². The number of carbonyl (C=O) groups is 2. The van der Waals surface area contributed by atoms with Gasteiger partial charge in [-0.15, -0.1) is 11.3 Å². The first kappa shape index (κ1) is 35.6. The van der Waals surface area contributed by atoms with E-state index in [1.165, 1.54) is 75.5 Å². The molecule has 5 rings (SSSR count). The smallest absolute Gasteiger partial charge is 0.311 e. The largest absolute Gasteiger partial charge is 0.508 e. The maximum atomic E-state index is 14.1. The average Bonchev–Trinajstić information content (AvgIpc) is 3.48. The molecule has 3 aromatic carbocycles. The number of ether oxygens (including phenoxy) is 2. The number of hydrogen-bond acceptors (Lipinski definition) is 7. The molecule has 7 heteroatoms. The van der Waals surface area contributed by atoms with Crippen LogP contribution < -0.4 is 9.47 Å². The van der Waals surface area contributed by atoms with Crippen molar-refractivity contribution in [2.24, 2.45) is 0 Å². The van der Waals surface area contributed by atoms with E-state index in [9.17, 15) is 14.7 Å². The van der Waals surface area contributed by atoms with Crippen LogP contribution in [0.4, 0.5) is 0 Å². The molecule has 4 aromatic rings. The van der Waals surface area contributed by atoms with Crippen molar-refractivity contribution in [3.8, 4) is 27.7 Å². The van der Waals surface area contributed by atoms with Crippen molar-refractivity contribution in [3.63, 3.8) is 0 Å². The fourth-order valence-corrected chi connectivity index (χ4v) is 7.68. The summed E-state index contributed by atoms with van der Waals surface area (Å²) in [6, 6.07) is 19.8. The minimum atomic E-state index is -0.223. The molecular formula is C41H51NO5S. The number of benzene rings is 3. The third kappa shape index (κ3) is 10.4. The predicted octanol–water partition coefficient (Wildman–Crippen LogP) is 10.6. The third-order valence-corrected chi connectivity index (χ3v) is 10.4. The molecule has 0 saturated carbocycles. The fourth-order valence-electron chi connectivity index (χ4n) is 6.44. The Kier molecular flexibility index (Phi) is 13.9. The number of thiophene rings is 1. The van der Waals surface area contributed by atoms with Crippen LogP contribution in [0.5, 0.6) is 17.2 Å². The summed E-state index contributed by atoms with van der Waals surface area (Å²) in [5.41, 5.74) is 2.02. The Morgan fingerprint density at radius 2 is 1.42 bits per heavy atom. The molecule has 6 nitrogen and oxygen atoms in total. The molecule has 1 aromatic heterocycles. The lowest BCUT2D eigenvalue weighted by Crippen LogP contribution is -2.33. The molecule has 1 saturated heterocycles. The molecular weight excluding hydrogens is 619 g/mol. The fraction of sp³-hybridized carbons (Fsp3) is 0.463. The molecule has 2 heterocycles. The lowest BCUT2D eigenvalue weighted by molar-refractivity contribution is -0.134. The molecule has 1 fully saturated rings. The zero-order valence-corrected chi connectivity index (χ0v) is 29.3. The van der Waals surface area contributed by atoms with Crippen molar-refractivity contribution in [3.05, 3.63) is 77.9 Å². The van der Waals surface area contributed by atoms with E-state index in [-0.39, 0.29) is 17.5 Å². The minimum absolute atomic E-state index is 0.0881. The maximum Gasteiger partial charge on any atom is 0.311 e. The molecule has 256 valence electrons. The summed E-state index contributed by atoms with van der Waals surface area (Å²) in [6.07, 6.45) is 16.4. The van der Waals surface area contributed by atoms with Crippen LogP contribution in [-0.4, -0.2) is 48.0 Å². The number of ketones is 1. The number of fused-ring (bicyclic) bond motifs is 1. The Morgan fingerprint density at radius 3 is 2.10 bits per heavy atom. The zero-order chi connectivity index (χ0) is 33.6. The van der Waals surface area contributed by atoms with Gasteiger partial charge in [-0.1, -0.05) is 71.1 Å². The van der Waals surface area contributed by atoms with Crippen LogP contribution in [0.15, 0.2) is 66.7 Å². The number of carbonyl (C=O) groups excluding carboxylic acids is 2. The van der Waals surface area contributed by atoms with Crippen molar-refractivity contribution in [1.29, 1.82) is 0 Å². The van der Waals surface area contributed by atoms with Crippen molar-refractivity contribution >= 4 is 33.2 Å². The van der Waals surface area contributed by atoms with Gasteiger partial charge in [-0.05, 0) is 105 Å². The summed E-state index contributed by atoms with van der Waals surface area (Å²) < 4.78 is 12.6. The van der Waals surface area contributed by atoms with Crippen molar-refractivity contribution < 1.29 is 24.2 Å². The van der Waals surface area contributed by atoms with Gasteiger partial charge in [0.2, 0.25) is 0 Å². The molecule has 48 heavy (non-hydrogen) atoms. The molecule has 0 amide bonds. The van der Waals surface area contributed by atoms with Crippen LogP contribution in [0, 0.1) is 0 Å². The first-order valence-corrected chi connectivity index (χ1v) is 18.9. The number of phenols is 1. The molecule has 0 radical (unpaired) electrons. The lowest BCUT2D eigenvalue weighted by atomic mass is 9.97. The van der Waals surface area contributed by atoms with Gasteiger partial charge in [-0.25, -0.2) is 0 Å². The molecule has 0 aliphatic carbocycles. The highest BCUT2D eigenvalue weighted by atomic mass is 32.1. The highest BCUT2D eigenvalue weighted by molar-refractivity contribution is 7.22. The Hall–Kier alpha value is -3.68. The van der Waals surface area contributed by atoms with Crippen LogP contribution in [0.25, 0.3) is 20.5 Å². The number of hydrogen-bond donors (Lipinski definition) is 1. The molecule has 0 spiro atoms. The normalized spacial score (nSPS) is 13.5. The second-order valence-electron chi connectivity index (χ2n) is 13.0. The Labute approximate surface area is 290 Å². The third-order valence-electron chi connectivity index (χ3n) is 9.23. The Bertz CT molecular complexity index is 1590. The van der Waals surface area contributed by atoms with Crippen LogP contribution >= 0.6 is 11.3 Å². The van der Waals surface area contributed by atoms with E-state index >= 15 is 0 Å². The monoisotopic (exact) mass is 669 g/mol. The number of aromatic hydroxyl groups is 1. The molecule has 0 unspecified atom stereocenters. The Morgan fingerprint density at radius 1 is 0.771 bits per heavy atom. The van der Waals surface area contributed by atoms with E-state index in [1.54, 1.807) is 18.2 Å². The van der Waals surface area contributed by atoms with Crippen molar-refractivity contribution in [2.45, 2.75) is 96.8 Å². The van der Waals surface area contributed by atoms with E-state index in [1.807, 2.05) is 48.5 Å². The average molecular weight is 670 g/mol. The first-order chi connectivity index (χ1) is 23.5. The minimum Gasteiger partial charge on any atom is -0.508 e. The first-order valence-electron chi connectivity index (χ1n) is 18.1. The van der Waals surface area contributed by atoms with Crippen molar-refractivity contribution in [1.82, 2.24) is 4.90 Å². The quantitative estimate of drug-likeness (QED) is 0.0463. The molecule has 1 aliphatic heterocycles. The number of unbranched alkanes of at least 4 members (excludes halogenated alkanes) is 9. The number of nitrogens with zero attached hydrogens (tertiary/aromatic N) is 1. The van der Waals surface area contributed by atoms with Gasteiger partial charge in [-0.3, -0.25) is 14.5 Å². The highest BCUT2D eigenvalue weighted by Crippen LogP contribution is 2.42. The number of rotatable bonds is 19. The summed E-state index contributed by atoms with van der Waals surface area (Å²) in [7, 11) is 0. The maximum absolute atomic E-state index is 14.1. The van der Waals surface area contributed by atoms with Crippen LogP contribution in [0.2, 0.25) is 0 Å². The SMILES string of the molecule is CCCCCCCCCCCCC(=O)Oc1ccc2c(C(=O)c3ccc(OCCN4CCCCC4)cc3)c(-c3ccc(O)cc3)sc2c1. The number of phenolic OH excluding ortho intramolecular Hbond substituents is 1. The van der Waals surface area contributed by atoms with Gasteiger partial charge >= 0.3 is 5.97 Å². The van der Waals surface area contributed by atoms with E-state index in [0.717, 1.165) is 65.2 Å². The van der Waals surface area contributed by atoms with E-state index < -0.39 is 0 Å². The zero-order valence-electron chi connectivity index (χ0n) is 28.5. The summed E-state index contributed by atoms with van der Waals surface area (Å²) >= 11 is 1.49. The molecule has 0 atom stereocenters. The van der Waals surface area contributed by atoms with Gasteiger partial charge in [0.15, 0.2) is 5.78 Å². The number of likely N-dealkylation sites (tertiary alicyclic amines) is 1. The van der Waals surface area contributed by atoms with Crippen LogP contribution in [0.1, 0.15) is 113 Å². The molecule has 1 N–H and O–H groups in total. The summed E-state index contributed by atoms with van der Waals surface area (Å²) in [4.78, 5) is 30.0. The van der Waals surface area contributed by atoms with Crippen molar-refractivity contribution in [2.75, 3.05) is 26.2 Å². The highest BCUT2D eigenvalue weighted by Gasteiger charge is 2.22. The Balaban J connectivity index is 1.21. The molecule has 1 aliphatic rings. The topological polar surface area (TPSA) is 76.1 Å². The van der Waals surface area contributed by atoms with Gasteiger partial charge in [-0.2, -0.15) is 0 Å². The molecule has 0 bridgehead atoms. The lowest BCUT2D eigenvalue weighted by Gasteiger charge is -2.26. The van der Waals surface area contributed by atoms with Gasteiger partial charge in [0.05, 0.1) is 0 Å². The van der Waals surface area contributed by atoms with Crippen LogP contribution in [-0.2, 0) is 4.79 Å². The van der Waals surface area contributed by atoms with E-state index in [0.29, 0.717) is 29.9 Å². The van der Waals surface area contributed by atoms with Gasteiger partial charge in [0, 0.05) is 39.1 Å². The summed E-state index contributed by atoms with van der Waals surface area (Å²) in [6.45, 7) is 6.05. The number of esters is 1. The van der Waals surface area contributed by atoms with Crippen LogP contribution in [0.3, 0.4) is 0 Å². The summed E-state index contributed by atoms with van der Waals surface area (Å²) in [5, 5.41) is 10.7. The number of piperidine rings is 1. The predicted molar refractivity (Wildman–Crippen MR) is 197 cm³/mol. The second kappa shape index (κ2) is 18.8. The standard InChI is InChI=1S/C41H51NO5S/c1-2-3-4-5-6-7-8-9-10-12-15-38(44)47-35-24-25-36-37(30-35)48-41(32-16-20-33(43)21-17-32)39(36)40(45)31-18-22-34(23-19-31)46-29-28-42-26-13-11-14-27-42/h16-25,30,43H,2-15,26-29H2,1H3. The van der Waals surface area contributed by atoms with Gasteiger partial charge < -0.3 is 14.6 Å².